The van der Waals surface area contributed by atoms with Crippen LogP contribution in [-0.4, -0.2) is 31.0 Å². The van der Waals surface area contributed by atoms with Gasteiger partial charge in [0.05, 0.1) is 0 Å². The molecule has 0 aromatic rings. The van der Waals surface area contributed by atoms with E-state index in [0.29, 0.717) is 0 Å². The van der Waals surface area contributed by atoms with Crippen LogP contribution in [0.15, 0.2) is 11.8 Å². The van der Waals surface area contributed by atoms with Gasteiger partial charge in [0.15, 0.2) is 0 Å². The van der Waals surface area contributed by atoms with E-state index >= 15 is 0 Å². The quantitative estimate of drug-likeness (QED) is 0.336. The third-order valence-corrected chi connectivity index (χ3v) is 2.14. The van der Waals surface area contributed by atoms with E-state index in [1.807, 2.05) is 17.4 Å². The summed E-state index contributed by atoms with van der Waals surface area (Å²) in [5, 5.41) is 0. The Morgan fingerprint density at radius 3 is 2.14 bits per heavy atom. The van der Waals surface area contributed by atoms with Crippen molar-refractivity contribution in [1.29, 1.82) is 0 Å². The van der Waals surface area contributed by atoms with Crippen LogP contribution in [0.25, 0.3) is 0 Å². The van der Waals surface area contributed by atoms with E-state index in [4.69, 9.17) is 0 Å². The molecule has 34 valence electrons. The van der Waals surface area contributed by atoms with Crippen molar-refractivity contribution < 1.29 is 4.79 Å². The summed E-state index contributed by atoms with van der Waals surface area (Å²) in [6.45, 7) is 0. The van der Waals surface area contributed by atoms with Crippen LogP contribution in [-0.2, 0) is 4.79 Å². The summed E-state index contributed by atoms with van der Waals surface area (Å²) in [6.07, 6.45) is 1.92. The standard InChI is InChI=1S/C4H4OSi.Si/c5-4-6-2-1-3-6;/h1-4H;. The Morgan fingerprint density at radius 2 is 2.14 bits per heavy atom. The molecule has 1 heterocycles. The average molecular weight is 124 g/mol. The highest BCUT2D eigenvalue weighted by atomic mass is 28.2. The van der Waals surface area contributed by atoms with Crippen LogP contribution in [0, 0.1) is 0 Å². The van der Waals surface area contributed by atoms with Crippen molar-refractivity contribution in [3.05, 3.63) is 11.8 Å². The van der Waals surface area contributed by atoms with E-state index in [9.17, 15) is 4.79 Å². The van der Waals surface area contributed by atoms with Crippen LogP contribution < -0.4 is 0 Å². The SMILES string of the molecule is O=C[Si]1=CC=C1.[Si]. The Balaban J connectivity index is 0.000000360. The van der Waals surface area contributed by atoms with E-state index < -0.39 is 8.41 Å². The normalized spacial score (nSPS) is 13.4. The summed E-state index contributed by atoms with van der Waals surface area (Å²) in [5.74, 6) is 1.02. The Kier molecular flexibility index (Phi) is 2.70. The van der Waals surface area contributed by atoms with Crippen LogP contribution in [0.4, 0.5) is 0 Å². The van der Waals surface area contributed by atoms with Gasteiger partial charge in [-0.05, 0) is 0 Å². The Morgan fingerprint density at radius 1 is 1.57 bits per heavy atom. The van der Waals surface area contributed by atoms with Crippen LogP contribution in [0.2, 0.25) is 0 Å². The molecule has 0 unspecified atom stereocenters. The van der Waals surface area contributed by atoms with Crippen LogP contribution in [0.1, 0.15) is 0 Å². The fourth-order valence-electron chi connectivity index (χ4n) is 0.286. The second-order valence-corrected chi connectivity index (χ2v) is 3.05. The van der Waals surface area contributed by atoms with Crippen molar-refractivity contribution in [1.82, 2.24) is 0 Å². The second kappa shape index (κ2) is 2.82. The predicted octanol–water partition coefficient (Wildman–Crippen LogP) is -0.635. The maximum atomic E-state index is 9.75. The van der Waals surface area contributed by atoms with Crippen molar-refractivity contribution in [2.75, 3.05) is 0 Å². The van der Waals surface area contributed by atoms with Crippen molar-refractivity contribution in [3.8, 4) is 0 Å². The van der Waals surface area contributed by atoms with Gasteiger partial charge in [-0.1, -0.05) is 17.4 Å². The zero-order chi connectivity index (χ0) is 4.41. The Labute approximate surface area is 48.3 Å². The highest BCUT2D eigenvalue weighted by Gasteiger charge is 1.92. The van der Waals surface area contributed by atoms with Crippen molar-refractivity contribution >= 4 is 31.0 Å². The summed E-state index contributed by atoms with van der Waals surface area (Å²) in [5.41, 5.74) is 3.91. The van der Waals surface area contributed by atoms with Crippen LogP contribution >= 0.6 is 0 Å². The molecule has 0 saturated heterocycles. The van der Waals surface area contributed by atoms with E-state index in [0.717, 1.165) is 5.91 Å². The zero-order valence-corrected chi connectivity index (χ0v) is 5.72. The van der Waals surface area contributed by atoms with Gasteiger partial charge in [0.25, 0.3) is 0 Å². The number of hydrogen-bond donors (Lipinski definition) is 0. The Hall–Kier alpha value is -0.286. The molecule has 4 radical (unpaired) electrons. The fourth-order valence-corrected chi connectivity index (χ4v) is 0.858. The molecule has 0 atom stereocenters. The molecular weight excluding hydrogens is 120 g/mol. The predicted molar refractivity (Wildman–Crippen MR) is 33.5 cm³/mol. The van der Waals surface area contributed by atoms with E-state index in [1.54, 1.807) is 0 Å². The maximum absolute atomic E-state index is 9.75. The largest absolute Gasteiger partial charge is 0.304 e. The first-order valence-electron chi connectivity index (χ1n) is 1.77. The lowest BCUT2D eigenvalue weighted by Gasteiger charge is -1.89. The first-order valence-corrected chi connectivity index (χ1v) is 3.50. The number of carbonyl (C=O) groups excluding carboxylic acids is 1. The van der Waals surface area contributed by atoms with E-state index in [2.05, 4.69) is 0 Å². The minimum atomic E-state index is -0.674. The molecule has 1 nitrogen and oxygen atoms in total. The molecular formula is C4H4OSi2. The molecule has 1 aliphatic rings. The van der Waals surface area contributed by atoms with Gasteiger partial charge in [0.1, 0.15) is 14.3 Å². The second-order valence-electron chi connectivity index (χ2n) is 1.14. The molecule has 0 amide bonds. The number of allylic oxidation sites excluding steroid dienone is 1. The molecule has 1 rings (SSSR count). The summed E-state index contributed by atoms with van der Waals surface area (Å²) >= 11 is 0. The zero-order valence-electron chi connectivity index (χ0n) is 3.72. The summed E-state index contributed by atoms with van der Waals surface area (Å²) in [4.78, 5) is 9.75. The van der Waals surface area contributed by atoms with Gasteiger partial charge < -0.3 is 4.79 Å². The third kappa shape index (κ3) is 1.32. The molecule has 0 aliphatic carbocycles. The number of rotatable bonds is 1. The maximum Gasteiger partial charge on any atom is 0.122 e. The van der Waals surface area contributed by atoms with Gasteiger partial charge >= 0.3 is 0 Å². The molecule has 0 bridgehead atoms. The average Bonchev–Trinajstić information content (AvgIpc) is 1.31. The molecule has 0 saturated carbocycles. The topological polar surface area (TPSA) is 17.1 Å². The lowest BCUT2D eigenvalue weighted by molar-refractivity contribution is 0.568. The lowest BCUT2D eigenvalue weighted by Crippen LogP contribution is -2.09. The molecule has 0 aromatic carbocycles. The van der Waals surface area contributed by atoms with Gasteiger partial charge in [0.2, 0.25) is 0 Å². The van der Waals surface area contributed by atoms with Crippen LogP contribution in [0.5, 0.6) is 0 Å². The van der Waals surface area contributed by atoms with Gasteiger partial charge in [-0.15, -0.1) is 0 Å². The first kappa shape index (κ1) is 6.71. The molecule has 0 N–H and O–H groups in total. The smallest absolute Gasteiger partial charge is 0.122 e. The fraction of sp³-hybridized carbons (Fsp3) is 0. The molecule has 0 spiro atoms. The number of hydrogen-bond acceptors (Lipinski definition) is 1. The van der Waals surface area contributed by atoms with E-state index in [1.165, 1.54) is 0 Å². The summed E-state index contributed by atoms with van der Waals surface area (Å²) < 4.78 is 0. The molecule has 1 aliphatic heterocycles. The van der Waals surface area contributed by atoms with Gasteiger partial charge in [0, 0.05) is 11.0 Å². The minimum absolute atomic E-state index is 0. The van der Waals surface area contributed by atoms with Gasteiger partial charge in [-0.3, -0.25) is 0 Å². The molecule has 0 fully saturated rings. The lowest BCUT2D eigenvalue weighted by atomic mass is 10.7. The first-order chi connectivity index (χ1) is 2.93. The monoisotopic (exact) mass is 124 g/mol. The summed E-state index contributed by atoms with van der Waals surface area (Å²) in [7, 11) is -0.674. The van der Waals surface area contributed by atoms with Crippen LogP contribution in [0.3, 0.4) is 0 Å². The minimum Gasteiger partial charge on any atom is -0.304 e. The highest BCUT2D eigenvalue weighted by molar-refractivity contribution is 6.95. The highest BCUT2D eigenvalue weighted by Crippen LogP contribution is 1.78. The van der Waals surface area contributed by atoms with Gasteiger partial charge in [-0.2, -0.15) is 0 Å². The van der Waals surface area contributed by atoms with Crippen molar-refractivity contribution in [3.63, 3.8) is 0 Å². The molecule has 3 heteroatoms. The van der Waals surface area contributed by atoms with Crippen molar-refractivity contribution in [2.24, 2.45) is 0 Å². The Bertz CT molecular complexity index is 122. The molecule has 7 heavy (non-hydrogen) atoms. The third-order valence-electron chi connectivity index (χ3n) is 0.713. The number of carbonyl (C=O) groups is 1. The molecule has 0 aromatic heterocycles. The van der Waals surface area contributed by atoms with E-state index in [-0.39, 0.29) is 11.0 Å². The summed E-state index contributed by atoms with van der Waals surface area (Å²) in [6, 6.07) is 0. The van der Waals surface area contributed by atoms with Gasteiger partial charge in [-0.25, -0.2) is 0 Å². The van der Waals surface area contributed by atoms with Crippen molar-refractivity contribution in [2.45, 2.75) is 0 Å².